The minimum absolute atomic E-state index is 0.310. The van der Waals surface area contributed by atoms with Gasteiger partial charge in [-0.1, -0.05) is 12.1 Å². The lowest BCUT2D eigenvalue weighted by Crippen LogP contribution is -2.14. The average Bonchev–Trinajstić information content (AvgIpc) is 2.99. The predicted molar refractivity (Wildman–Crippen MR) is 61.7 cm³/mol. The molecule has 0 fully saturated rings. The fraction of sp³-hybridized carbons (Fsp3) is 0.250. The zero-order chi connectivity index (χ0) is 11.5. The van der Waals surface area contributed by atoms with Crippen LogP contribution in [0.15, 0.2) is 30.6 Å². The molecule has 5 nitrogen and oxygen atoms in total. The van der Waals surface area contributed by atoms with Crippen LogP contribution in [-0.2, 0) is 13.1 Å². The summed E-state index contributed by atoms with van der Waals surface area (Å²) < 4.78 is 10.8. The third-order valence-electron chi connectivity index (χ3n) is 2.64. The van der Waals surface area contributed by atoms with E-state index in [1.165, 1.54) is 0 Å². The zero-order valence-electron chi connectivity index (χ0n) is 9.27. The Morgan fingerprint density at radius 3 is 3.18 bits per heavy atom. The molecule has 2 heterocycles. The van der Waals surface area contributed by atoms with E-state index in [1.807, 2.05) is 24.4 Å². The van der Waals surface area contributed by atoms with Crippen molar-refractivity contribution in [3.05, 3.63) is 42.0 Å². The molecular weight excluding hydrogens is 218 g/mol. The molecule has 0 amide bonds. The summed E-state index contributed by atoms with van der Waals surface area (Å²) in [6.07, 6.45) is 3.56. The van der Waals surface area contributed by atoms with Gasteiger partial charge in [-0.25, -0.2) is 4.98 Å². The van der Waals surface area contributed by atoms with Crippen molar-refractivity contribution in [1.29, 1.82) is 0 Å². The molecule has 0 aliphatic carbocycles. The van der Waals surface area contributed by atoms with Crippen LogP contribution in [0.2, 0.25) is 0 Å². The van der Waals surface area contributed by atoms with Crippen LogP contribution in [0.4, 0.5) is 0 Å². The van der Waals surface area contributed by atoms with E-state index in [-0.39, 0.29) is 0 Å². The average molecular weight is 231 g/mol. The first-order valence-corrected chi connectivity index (χ1v) is 5.50. The number of hydrogen-bond acceptors (Lipinski definition) is 4. The maximum absolute atomic E-state index is 5.43. The molecule has 88 valence electrons. The number of H-pyrrole nitrogens is 1. The minimum Gasteiger partial charge on any atom is -0.454 e. The number of para-hydroxylation sites is 1. The van der Waals surface area contributed by atoms with E-state index in [2.05, 4.69) is 15.3 Å². The summed E-state index contributed by atoms with van der Waals surface area (Å²) in [6, 6.07) is 5.92. The Morgan fingerprint density at radius 2 is 2.29 bits per heavy atom. The van der Waals surface area contributed by atoms with E-state index in [0.717, 1.165) is 29.4 Å². The van der Waals surface area contributed by atoms with Crippen molar-refractivity contribution >= 4 is 0 Å². The van der Waals surface area contributed by atoms with Gasteiger partial charge in [-0.15, -0.1) is 0 Å². The lowest BCUT2D eigenvalue weighted by atomic mass is 10.2. The number of imidazole rings is 1. The number of aromatic amines is 1. The van der Waals surface area contributed by atoms with Gasteiger partial charge in [-0.05, 0) is 6.07 Å². The standard InChI is InChI=1S/C12H13N3O2/c1-2-9(12-10(3-1)16-8-17-12)6-13-7-11-14-4-5-15-11/h1-5,13H,6-8H2,(H,14,15). The van der Waals surface area contributed by atoms with Crippen molar-refractivity contribution in [3.8, 4) is 11.5 Å². The third-order valence-corrected chi connectivity index (χ3v) is 2.64. The Hall–Kier alpha value is -2.01. The first kappa shape index (κ1) is 10.2. The highest BCUT2D eigenvalue weighted by Gasteiger charge is 2.16. The van der Waals surface area contributed by atoms with E-state index >= 15 is 0 Å². The lowest BCUT2D eigenvalue weighted by Gasteiger charge is -2.06. The van der Waals surface area contributed by atoms with Gasteiger partial charge in [0, 0.05) is 24.5 Å². The smallest absolute Gasteiger partial charge is 0.231 e. The van der Waals surface area contributed by atoms with Crippen LogP contribution >= 0.6 is 0 Å². The minimum atomic E-state index is 0.310. The SMILES string of the molecule is c1cc(CNCc2ncc[nH]2)c2c(c1)OCO2. The molecule has 2 aromatic rings. The molecule has 1 aliphatic heterocycles. The second-order valence-electron chi connectivity index (χ2n) is 3.79. The largest absolute Gasteiger partial charge is 0.454 e. The molecule has 5 heteroatoms. The molecule has 0 unspecified atom stereocenters. The topological polar surface area (TPSA) is 59.2 Å². The Bertz CT molecular complexity index is 496. The van der Waals surface area contributed by atoms with E-state index in [1.54, 1.807) is 6.20 Å². The summed E-state index contributed by atoms with van der Waals surface area (Å²) in [7, 11) is 0. The molecule has 0 saturated carbocycles. The molecule has 3 rings (SSSR count). The highest BCUT2D eigenvalue weighted by molar-refractivity contribution is 5.48. The molecule has 0 saturated heterocycles. The van der Waals surface area contributed by atoms with Crippen LogP contribution in [0.5, 0.6) is 11.5 Å². The Labute approximate surface area is 98.8 Å². The van der Waals surface area contributed by atoms with Crippen LogP contribution in [0, 0.1) is 0 Å². The molecule has 0 spiro atoms. The van der Waals surface area contributed by atoms with Crippen LogP contribution in [0.25, 0.3) is 0 Å². The molecule has 2 N–H and O–H groups in total. The van der Waals surface area contributed by atoms with E-state index in [9.17, 15) is 0 Å². The second-order valence-corrected chi connectivity index (χ2v) is 3.79. The second kappa shape index (κ2) is 4.47. The normalized spacial score (nSPS) is 12.9. The van der Waals surface area contributed by atoms with Gasteiger partial charge < -0.3 is 19.8 Å². The summed E-state index contributed by atoms with van der Waals surface area (Å²) in [5.41, 5.74) is 1.10. The maximum Gasteiger partial charge on any atom is 0.231 e. The van der Waals surface area contributed by atoms with Gasteiger partial charge in [0.05, 0.1) is 6.54 Å². The van der Waals surface area contributed by atoms with E-state index < -0.39 is 0 Å². The van der Waals surface area contributed by atoms with Crippen molar-refractivity contribution in [3.63, 3.8) is 0 Å². The fourth-order valence-electron chi connectivity index (χ4n) is 1.84. The highest BCUT2D eigenvalue weighted by atomic mass is 16.7. The molecule has 0 radical (unpaired) electrons. The number of benzene rings is 1. The molecule has 1 aliphatic rings. The first-order chi connectivity index (χ1) is 8.43. The summed E-state index contributed by atoms with van der Waals surface area (Å²) in [5.74, 6) is 2.59. The summed E-state index contributed by atoms with van der Waals surface area (Å²) in [4.78, 5) is 7.19. The summed E-state index contributed by atoms with van der Waals surface area (Å²) in [6.45, 7) is 1.75. The number of ether oxygens (including phenoxy) is 2. The first-order valence-electron chi connectivity index (χ1n) is 5.50. The van der Waals surface area contributed by atoms with Crippen LogP contribution < -0.4 is 14.8 Å². The Balaban J connectivity index is 1.64. The monoisotopic (exact) mass is 231 g/mol. The van der Waals surface area contributed by atoms with Gasteiger partial charge in [0.25, 0.3) is 0 Å². The van der Waals surface area contributed by atoms with E-state index in [0.29, 0.717) is 13.3 Å². The van der Waals surface area contributed by atoms with Crippen LogP contribution in [0.1, 0.15) is 11.4 Å². The fourth-order valence-corrected chi connectivity index (χ4v) is 1.84. The lowest BCUT2D eigenvalue weighted by molar-refractivity contribution is 0.173. The molecule has 17 heavy (non-hydrogen) atoms. The summed E-state index contributed by atoms with van der Waals surface area (Å²) >= 11 is 0. The molecule has 0 atom stereocenters. The predicted octanol–water partition coefficient (Wildman–Crippen LogP) is 1.43. The number of fused-ring (bicyclic) bond motifs is 1. The molecular formula is C12H13N3O2. The number of nitrogens with zero attached hydrogens (tertiary/aromatic N) is 1. The Morgan fingerprint density at radius 1 is 1.29 bits per heavy atom. The molecule has 1 aromatic heterocycles. The summed E-state index contributed by atoms with van der Waals surface area (Å²) in [5, 5.41) is 3.30. The van der Waals surface area contributed by atoms with E-state index in [4.69, 9.17) is 9.47 Å². The van der Waals surface area contributed by atoms with Crippen molar-refractivity contribution in [2.24, 2.45) is 0 Å². The van der Waals surface area contributed by atoms with Crippen molar-refractivity contribution in [2.45, 2.75) is 13.1 Å². The van der Waals surface area contributed by atoms with Crippen molar-refractivity contribution < 1.29 is 9.47 Å². The maximum atomic E-state index is 5.43. The number of aromatic nitrogens is 2. The third kappa shape index (κ3) is 2.09. The van der Waals surface area contributed by atoms with Gasteiger partial charge in [0.15, 0.2) is 11.5 Å². The van der Waals surface area contributed by atoms with Gasteiger partial charge >= 0.3 is 0 Å². The quantitative estimate of drug-likeness (QED) is 0.835. The van der Waals surface area contributed by atoms with Gasteiger partial charge in [0.2, 0.25) is 6.79 Å². The van der Waals surface area contributed by atoms with Crippen LogP contribution in [0.3, 0.4) is 0 Å². The molecule has 1 aromatic carbocycles. The van der Waals surface area contributed by atoms with Gasteiger partial charge in [0.1, 0.15) is 5.82 Å². The number of hydrogen-bond donors (Lipinski definition) is 2. The van der Waals surface area contributed by atoms with Crippen molar-refractivity contribution in [2.75, 3.05) is 6.79 Å². The number of rotatable bonds is 4. The number of nitrogens with one attached hydrogen (secondary N) is 2. The van der Waals surface area contributed by atoms with Crippen LogP contribution in [-0.4, -0.2) is 16.8 Å². The Kier molecular flexibility index (Phi) is 2.67. The van der Waals surface area contributed by atoms with Gasteiger partial charge in [-0.3, -0.25) is 0 Å². The highest BCUT2D eigenvalue weighted by Crippen LogP contribution is 2.35. The van der Waals surface area contributed by atoms with Crippen molar-refractivity contribution in [1.82, 2.24) is 15.3 Å². The zero-order valence-corrected chi connectivity index (χ0v) is 9.27. The molecule has 0 bridgehead atoms. The van der Waals surface area contributed by atoms with Gasteiger partial charge in [-0.2, -0.15) is 0 Å².